The predicted molar refractivity (Wildman–Crippen MR) is 75.1 cm³/mol. The van der Waals surface area contributed by atoms with Crippen molar-refractivity contribution >= 4 is 40.2 Å². The molecule has 0 spiro atoms. The van der Waals surface area contributed by atoms with E-state index in [-0.39, 0.29) is 0 Å². The van der Waals surface area contributed by atoms with Gasteiger partial charge in [0.05, 0.1) is 15.0 Å². The Bertz CT molecular complexity index is 342. The molecule has 5 heteroatoms. The van der Waals surface area contributed by atoms with Crippen LogP contribution in [0.2, 0.25) is 0 Å². The lowest BCUT2D eigenvalue weighted by Crippen LogP contribution is -2.08. The first-order valence-electron chi connectivity index (χ1n) is 4.95. The summed E-state index contributed by atoms with van der Waals surface area (Å²) in [4.78, 5) is 8.84. The molecule has 1 heterocycles. The Morgan fingerprint density at radius 2 is 2.07 bits per heavy atom. The summed E-state index contributed by atoms with van der Waals surface area (Å²) in [6.45, 7) is 6.38. The summed E-state index contributed by atoms with van der Waals surface area (Å²) in [7, 11) is 0. The molecule has 0 fully saturated rings. The highest BCUT2D eigenvalue weighted by molar-refractivity contribution is 14.1. The van der Waals surface area contributed by atoms with Crippen molar-refractivity contribution in [2.75, 3.05) is 11.5 Å². The Morgan fingerprint density at radius 3 is 2.60 bits per heavy atom. The number of aromatic nitrogens is 2. The van der Waals surface area contributed by atoms with E-state index in [1.54, 1.807) is 0 Å². The fourth-order valence-electron chi connectivity index (χ4n) is 1.17. The van der Waals surface area contributed by atoms with Crippen LogP contribution in [0.5, 0.6) is 0 Å². The summed E-state index contributed by atoms with van der Waals surface area (Å²) in [5, 5.41) is 0. The van der Waals surface area contributed by atoms with Crippen molar-refractivity contribution in [3.05, 3.63) is 15.1 Å². The Balaban J connectivity index is 3.00. The number of thioether (sulfide) groups is 1. The third-order valence-corrected chi connectivity index (χ3v) is 3.91. The van der Waals surface area contributed by atoms with Gasteiger partial charge in [0.1, 0.15) is 11.6 Å². The summed E-state index contributed by atoms with van der Waals surface area (Å²) in [6, 6.07) is 0. The second-order valence-electron chi connectivity index (χ2n) is 3.52. The van der Waals surface area contributed by atoms with Crippen LogP contribution in [0.3, 0.4) is 0 Å². The van der Waals surface area contributed by atoms with Gasteiger partial charge in [0.25, 0.3) is 0 Å². The van der Waals surface area contributed by atoms with E-state index in [0.717, 1.165) is 26.6 Å². The van der Waals surface area contributed by atoms with Gasteiger partial charge >= 0.3 is 0 Å². The van der Waals surface area contributed by atoms with Crippen LogP contribution in [0.1, 0.15) is 38.2 Å². The summed E-state index contributed by atoms with van der Waals surface area (Å²) in [5.74, 6) is 3.78. The lowest BCUT2D eigenvalue weighted by Gasteiger charge is -2.11. The molecule has 0 saturated carbocycles. The number of hydrogen-bond donors (Lipinski definition) is 1. The lowest BCUT2D eigenvalue weighted by atomic mass is 10.1. The van der Waals surface area contributed by atoms with Crippen molar-refractivity contribution in [2.24, 2.45) is 0 Å². The van der Waals surface area contributed by atoms with Gasteiger partial charge in [0, 0.05) is 0 Å². The quantitative estimate of drug-likeness (QED) is 0.858. The average Bonchev–Trinajstić information content (AvgIpc) is 2.19. The summed E-state index contributed by atoms with van der Waals surface area (Å²) in [5.41, 5.74) is 6.93. The van der Waals surface area contributed by atoms with Gasteiger partial charge in [-0.25, -0.2) is 9.97 Å². The minimum Gasteiger partial charge on any atom is -0.383 e. The standard InChI is InChI=1S/C10H16IN3S/c1-4-15-5-7-13-9(6(2)3)8(11)10(12)14-7/h6H,4-5H2,1-3H3,(H2,12,13,14). The number of nitrogens with zero attached hydrogens (tertiary/aromatic N) is 2. The first-order valence-corrected chi connectivity index (χ1v) is 7.19. The molecule has 0 amide bonds. The van der Waals surface area contributed by atoms with E-state index in [9.17, 15) is 0 Å². The number of nitrogen functional groups attached to an aromatic ring is 1. The number of rotatable bonds is 4. The van der Waals surface area contributed by atoms with Crippen LogP contribution in [0.4, 0.5) is 5.82 Å². The molecule has 0 aliphatic heterocycles. The highest BCUT2D eigenvalue weighted by Gasteiger charge is 2.12. The first kappa shape index (κ1) is 13.0. The number of halogens is 1. The van der Waals surface area contributed by atoms with E-state index >= 15 is 0 Å². The minimum absolute atomic E-state index is 0.396. The zero-order valence-corrected chi connectivity index (χ0v) is 12.2. The van der Waals surface area contributed by atoms with Crippen molar-refractivity contribution in [3.8, 4) is 0 Å². The maximum atomic E-state index is 5.86. The van der Waals surface area contributed by atoms with Gasteiger partial charge in [0.15, 0.2) is 0 Å². The predicted octanol–water partition coefficient (Wildman–Crippen LogP) is 3.04. The highest BCUT2D eigenvalue weighted by Crippen LogP contribution is 2.24. The normalized spacial score (nSPS) is 11.0. The smallest absolute Gasteiger partial charge is 0.140 e. The van der Waals surface area contributed by atoms with E-state index in [1.165, 1.54) is 0 Å². The molecule has 3 nitrogen and oxygen atoms in total. The highest BCUT2D eigenvalue weighted by atomic mass is 127. The minimum atomic E-state index is 0.396. The van der Waals surface area contributed by atoms with E-state index in [0.29, 0.717) is 11.7 Å². The van der Waals surface area contributed by atoms with Gasteiger partial charge < -0.3 is 5.73 Å². The molecule has 0 aliphatic rings. The summed E-state index contributed by atoms with van der Waals surface area (Å²) >= 11 is 4.03. The van der Waals surface area contributed by atoms with Crippen LogP contribution in [0, 0.1) is 3.57 Å². The van der Waals surface area contributed by atoms with Gasteiger partial charge in [-0.1, -0.05) is 20.8 Å². The second-order valence-corrected chi connectivity index (χ2v) is 5.87. The van der Waals surface area contributed by atoms with Gasteiger partial charge in [-0.2, -0.15) is 11.8 Å². The molecule has 84 valence electrons. The van der Waals surface area contributed by atoms with Crippen LogP contribution >= 0.6 is 34.4 Å². The third kappa shape index (κ3) is 3.48. The van der Waals surface area contributed by atoms with Crippen molar-refractivity contribution < 1.29 is 0 Å². The van der Waals surface area contributed by atoms with Gasteiger partial charge in [0.2, 0.25) is 0 Å². The zero-order valence-electron chi connectivity index (χ0n) is 9.25. The van der Waals surface area contributed by atoms with Crippen LogP contribution in [-0.4, -0.2) is 15.7 Å². The molecule has 2 N–H and O–H groups in total. The van der Waals surface area contributed by atoms with Crippen molar-refractivity contribution in [2.45, 2.75) is 32.4 Å². The number of anilines is 1. The fourth-order valence-corrected chi connectivity index (χ4v) is 2.55. The number of hydrogen-bond acceptors (Lipinski definition) is 4. The molecule has 15 heavy (non-hydrogen) atoms. The molecular formula is C10H16IN3S. The SMILES string of the molecule is CCSCc1nc(N)c(I)c(C(C)C)n1. The van der Waals surface area contributed by atoms with Crippen LogP contribution in [0.15, 0.2) is 0 Å². The van der Waals surface area contributed by atoms with Crippen molar-refractivity contribution in [1.82, 2.24) is 9.97 Å². The van der Waals surface area contributed by atoms with Gasteiger partial charge in [-0.3, -0.25) is 0 Å². The monoisotopic (exact) mass is 337 g/mol. The maximum absolute atomic E-state index is 5.86. The average molecular weight is 337 g/mol. The molecule has 1 rings (SSSR count). The Hall–Kier alpha value is -0.0400. The van der Waals surface area contributed by atoms with Crippen LogP contribution in [0.25, 0.3) is 0 Å². The Labute approximate surface area is 109 Å². The van der Waals surface area contributed by atoms with Crippen LogP contribution in [-0.2, 0) is 5.75 Å². The molecule has 0 aliphatic carbocycles. The van der Waals surface area contributed by atoms with Gasteiger partial charge in [-0.15, -0.1) is 0 Å². The molecular weight excluding hydrogens is 321 g/mol. The van der Waals surface area contributed by atoms with E-state index in [2.05, 4.69) is 53.3 Å². The summed E-state index contributed by atoms with van der Waals surface area (Å²) < 4.78 is 0.993. The van der Waals surface area contributed by atoms with E-state index in [1.807, 2.05) is 11.8 Å². The molecule has 1 aromatic heterocycles. The molecule has 0 aromatic carbocycles. The fraction of sp³-hybridized carbons (Fsp3) is 0.600. The first-order chi connectivity index (χ1) is 7.06. The molecule has 0 saturated heterocycles. The van der Waals surface area contributed by atoms with Crippen molar-refractivity contribution in [1.29, 1.82) is 0 Å². The van der Waals surface area contributed by atoms with E-state index in [4.69, 9.17) is 5.73 Å². The topological polar surface area (TPSA) is 51.8 Å². The molecule has 1 aromatic rings. The summed E-state index contributed by atoms with van der Waals surface area (Å²) in [6.07, 6.45) is 0. The van der Waals surface area contributed by atoms with Crippen molar-refractivity contribution in [3.63, 3.8) is 0 Å². The third-order valence-electron chi connectivity index (χ3n) is 1.93. The molecule has 0 bridgehead atoms. The lowest BCUT2D eigenvalue weighted by molar-refractivity contribution is 0.793. The van der Waals surface area contributed by atoms with E-state index < -0.39 is 0 Å². The molecule has 0 radical (unpaired) electrons. The zero-order chi connectivity index (χ0) is 11.4. The number of nitrogens with two attached hydrogens (primary N) is 1. The second kappa shape index (κ2) is 5.89. The van der Waals surface area contributed by atoms with Crippen LogP contribution < -0.4 is 5.73 Å². The molecule has 0 atom stereocenters. The van der Waals surface area contributed by atoms with Gasteiger partial charge in [-0.05, 0) is 34.3 Å². The Morgan fingerprint density at radius 1 is 1.40 bits per heavy atom. The largest absolute Gasteiger partial charge is 0.383 e. The Kier molecular flexibility index (Phi) is 5.11. The molecule has 0 unspecified atom stereocenters. The maximum Gasteiger partial charge on any atom is 0.140 e.